The van der Waals surface area contributed by atoms with Gasteiger partial charge in [-0.2, -0.15) is 0 Å². The topological polar surface area (TPSA) is 26.3 Å². The van der Waals surface area contributed by atoms with E-state index in [1.165, 1.54) is 89.9 Å². The molecule has 0 aromatic carbocycles. The monoisotopic (exact) mass is 394 g/mol. The number of unbranched alkanes of at least 4 members (excludes halogenated alkanes) is 15. The van der Waals surface area contributed by atoms with Crippen molar-refractivity contribution in [1.29, 1.82) is 0 Å². The van der Waals surface area contributed by atoms with E-state index < -0.39 is 4.84 Å². The van der Waals surface area contributed by atoms with Crippen LogP contribution < -0.4 is 0 Å². The molecule has 0 aliphatic carbocycles. The van der Waals surface area contributed by atoms with E-state index in [0.717, 1.165) is 12.8 Å². The average Bonchev–Trinajstić information content (AvgIpc) is 2.59. The van der Waals surface area contributed by atoms with Crippen molar-refractivity contribution < 1.29 is 9.53 Å². The van der Waals surface area contributed by atoms with E-state index >= 15 is 0 Å². The Hall–Kier alpha value is 0.0500. The molecule has 0 fully saturated rings. The van der Waals surface area contributed by atoms with E-state index in [2.05, 4.69) is 6.92 Å². The number of hydrogen-bond acceptors (Lipinski definition) is 2. The predicted molar refractivity (Wildman–Crippen MR) is 111 cm³/mol. The zero-order chi connectivity index (χ0) is 18.6. The number of carbonyl (C=O) groups is 1. The molecule has 0 saturated heterocycles. The number of rotatable bonds is 19. The molecule has 0 saturated carbocycles. The number of halogens is 2. The van der Waals surface area contributed by atoms with Crippen molar-refractivity contribution >= 4 is 29.2 Å². The smallest absolute Gasteiger partial charge is 0.305 e. The molecule has 0 aromatic rings. The predicted octanol–water partition coefficient (Wildman–Crippen LogP) is 7.98. The molecular weight excluding hydrogens is 355 g/mol. The lowest BCUT2D eigenvalue weighted by atomic mass is 10.0. The molecule has 25 heavy (non-hydrogen) atoms. The second-order valence-electron chi connectivity index (χ2n) is 7.13. The molecule has 0 bridgehead atoms. The first-order chi connectivity index (χ1) is 12.2. The van der Waals surface area contributed by atoms with Gasteiger partial charge in [-0.25, -0.2) is 0 Å². The summed E-state index contributed by atoms with van der Waals surface area (Å²) in [6.45, 7) is 2.37. The third-order valence-corrected chi connectivity index (χ3v) is 4.86. The van der Waals surface area contributed by atoms with Crippen LogP contribution in [-0.2, 0) is 9.53 Å². The van der Waals surface area contributed by atoms with Crippen molar-refractivity contribution in [2.75, 3.05) is 6.61 Å². The zero-order valence-corrected chi connectivity index (χ0v) is 17.9. The van der Waals surface area contributed by atoms with E-state index in [1.54, 1.807) is 0 Å². The average molecular weight is 395 g/mol. The summed E-state index contributed by atoms with van der Waals surface area (Å²) >= 11 is 11.0. The molecule has 0 spiro atoms. The van der Waals surface area contributed by atoms with Gasteiger partial charge in [0.15, 0.2) is 0 Å². The molecule has 0 amide bonds. The molecule has 4 heteroatoms. The summed E-state index contributed by atoms with van der Waals surface area (Å²) < 4.78 is 4.92. The Morgan fingerprint density at radius 2 is 1.04 bits per heavy atom. The highest BCUT2D eigenvalue weighted by Crippen LogP contribution is 2.14. The van der Waals surface area contributed by atoms with Gasteiger partial charge in [0.1, 0.15) is 11.4 Å². The fourth-order valence-corrected chi connectivity index (χ4v) is 3.17. The SMILES string of the molecule is CCCCCCCCCCCCCCCCCCC(=O)OCC(Cl)Cl. The van der Waals surface area contributed by atoms with Crippen LogP contribution >= 0.6 is 23.2 Å². The van der Waals surface area contributed by atoms with Gasteiger partial charge in [-0.05, 0) is 6.42 Å². The van der Waals surface area contributed by atoms with Gasteiger partial charge in [-0.3, -0.25) is 4.79 Å². The molecule has 2 nitrogen and oxygen atoms in total. The fourth-order valence-electron chi connectivity index (χ4n) is 3.05. The van der Waals surface area contributed by atoms with Crippen LogP contribution in [0.1, 0.15) is 116 Å². The first kappa shape index (κ1) is 25.1. The molecule has 0 unspecified atom stereocenters. The summed E-state index contributed by atoms with van der Waals surface area (Å²) in [5, 5.41) is 0. The van der Waals surface area contributed by atoms with Gasteiger partial charge < -0.3 is 4.74 Å². The Morgan fingerprint density at radius 1 is 0.680 bits per heavy atom. The van der Waals surface area contributed by atoms with Gasteiger partial charge >= 0.3 is 5.97 Å². The Balaban J connectivity index is 3.08. The maximum atomic E-state index is 11.4. The van der Waals surface area contributed by atoms with Gasteiger partial charge in [0.2, 0.25) is 0 Å². The highest BCUT2D eigenvalue weighted by atomic mass is 35.5. The molecule has 0 heterocycles. The van der Waals surface area contributed by atoms with E-state index in [4.69, 9.17) is 27.9 Å². The summed E-state index contributed by atoms with van der Waals surface area (Å²) in [6, 6.07) is 0. The standard InChI is InChI=1S/C21H40Cl2O2/c1-2-3-4-5-6-7-8-9-10-11-12-13-14-15-16-17-18-21(24)25-19-20(22)23/h20H,2-19H2,1H3. The van der Waals surface area contributed by atoms with Crippen LogP contribution in [0.2, 0.25) is 0 Å². The van der Waals surface area contributed by atoms with Crippen molar-refractivity contribution in [2.24, 2.45) is 0 Å². The van der Waals surface area contributed by atoms with Crippen LogP contribution in [0, 0.1) is 0 Å². The summed E-state index contributed by atoms with van der Waals surface area (Å²) in [4.78, 5) is 10.7. The van der Waals surface area contributed by atoms with Crippen LogP contribution in [0.25, 0.3) is 0 Å². The molecule has 0 radical (unpaired) electrons. The molecule has 0 rings (SSSR count). The number of hydrogen-bond donors (Lipinski definition) is 0. The third-order valence-electron chi connectivity index (χ3n) is 4.60. The van der Waals surface area contributed by atoms with Crippen molar-refractivity contribution in [1.82, 2.24) is 0 Å². The minimum absolute atomic E-state index is 0.0980. The molecule has 0 aromatic heterocycles. The van der Waals surface area contributed by atoms with Crippen molar-refractivity contribution in [3.8, 4) is 0 Å². The van der Waals surface area contributed by atoms with Gasteiger partial charge in [-0.15, -0.1) is 23.2 Å². The highest BCUT2D eigenvalue weighted by Gasteiger charge is 2.05. The van der Waals surface area contributed by atoms with Gasteiger partial charge in [0.25, 0.3) is 0 Å². The lowest BCUT2D eigenvalue weighted by Crippen LogP contribution is -2.09. The van der Waals surface area contributed by atoms with E-state index in [9.17, 15) is 4.79 Å². The normalized spacial score (nSPS) is 11.2. The van der Waals surface area contributed by atoms with Gasteiger partial charge in [-0.1, -0.05) is 103 Å². The molecule has 0 aliphatic heterocycles. The third kappa shape index (κ3) is 22.0. The lowest BCUT2D eigenvalue weighted by Gasteiger charge is -2.05. The zero-order valence-electron chi connectivity index (χ0n) is 16.4. The Morgan fingerprint density at radius 3 is 1.40 bits per heavy atom. The Kier molecular flexibility index (Phi) is 20.4. The number of alkyl halides is 2. The Labute approximate surface area is 166 Å². The van der Waals surface area contributed by atoms with Crippen molar-refractivity contribution in [3.63, 3.8) is 0 Å². The molecule has 0 N–H and O–H groups in total. The highest BCUT2D eigenvalue weighted by molar-refractivity contribution is 6.44. The summed E-state index contributed by atoms with van der Waals surface area (Å²) in [5.41, 5.74) is 0. The molecule has 0 atom stereocenters. The number of carbonyl (C=O) groups excluding carboxylic acids is 1. The first-order valence-electron chi connectivity index (χ1n) is 10.6. The van der Waals surface area contributed by atoms with Gasteiger partial charge in [0, 0.05) is 6.42 Å². The quantitative estimate of drug-likeness (QED) is 0.126. The van der Waals surface area contributed by atoms with E-state index in [1.807, 2.05) is 0 Å². The Bertz CT molecular complexity index is 283. The summed E-state index contributed by atoms with van der Waals surface area (Å²) in [6.07, 6.45) is 21.8. The van der Waals surface area contributed by atoms with E-state index in [0.29, 0.717) is 6.42 Å². The molecule has 0 aliphatic rings. The van der Waals surface area contributed by atoms with Crippen molar-refractivity contribution in [3.05, 3.63) is 0 Å². The lowest BCUT2D eigenvalue weighted by molar-refractivity contribution is -0.143. The minimum Gasteiger partial charge on any atom is -0.463 e. The van der Waals surface area contributed by atoms with Crippen molar-refractivity contribution in [2.45, 2.75) is 121 Å². The van der Waals surface area contributed by atoms with E-state index in [-0.39, 0.29) is 12.6 Å². The maximum absolute atomic E-state index is 11.4. The van der Waals surface area contributed by atoms with Crippen LogP contribution in [-0.4, -0.2) is 17.4 Å². The molecular formula is C21H40Cl2O2. The van der Waals surface area contributed by atoms with Crippen LogP contribution in [0.5, 0.6) is 0 Å². The minimum atomic E-state index is -0.616. The first-order valence-corrected chi connectivity index (χ1v) is 11.5. The number of esters is 1. The number of ether oxygens (including phenoxy) is 1. The summed E-state index contributed by atoms with van der Waals surface area (Å²) in [7, 11) is 0. The van der Waals surface area contributed by atoms with Crippen LogP contribution in [0.4, 0.5) is 0 Å². The maximum Gasteiger partial charge on any atom is 0.305 e. The fraction of sp³-hybridized carbons (Fsp3) is 0.952. The largest absolute Gasteiger partial charge is 0.463 e. The second-order valence-corrected chi connectivity index (χ2v) is 8.40. The van der Waals surface area contributed by atoms with Crippen LogP contribution in [0.3, 0.4) is 0 Å². The summed E-state index contributed by atoms with van der Waals surface area (Å²) in [5.74, 6) is -0.184. The van der Waals surface area contributed by atoms with Crippen LogP contribution in [0.15, 0.2) is 0 Å². The molecule has 150 valence electrons. The second kappa shape index (κ2) is 20.4. The van der Waals surface area contributed by atoms with Gasteiger partial charge in [0.05, 0.1) is 0 Å².